The van der Waals surface area contributed by atoms with Gasteiger partial charge < -0.3 is 9.47 Å². The second-order valence-corrected chi connectivity index (χ2v) is 52.7. The van der Waals surface area contributed by atoms with Crippen LogP contribution < -0.4 is 45.8 Å². The van der Waals surface area contributed by atoms with E-state index in [2.05, 4.69) is 292 Å². The highest BCUT2D eigenvalue weighted by atomic mass is 35.5. The van der Waals surface area contributed by atoms with Crippen LogP contribution in [-0.2, 0) is 9.47 Å². The van der Waals surface area contributed by atoms with E-state index in [0.29, 0.717) is 45.6 Å². The Labute approximate surface area is 836 Å². The van der Waals surface area contributed by atoms with E-state index in [1.165, 1.54) is 232 Å². The summed E-state index contributed by atoms with van der Waals surface area (Å²) >= 11 is 39.5. The van der Waals surface area contributed by atoms with Crippen LogP contribution in [0.5, 0.6) is 0 Å². The van der Waals surface area contributed by atoms with Crippen LogP contribution in [0.3, 0.4) is 0 Å². The summed E-state index contributed by atoms with van der Waals surface area (Å²) in [4.78, 5) is 24.8. The van der Waals surface area contributed by atoms with Gasteiger partial charge in [0.15, 0.2) is 0 Å². The number of hydrogen-bond acceptors (Lipinski definition) is 15. The van der Waals surface area contributed by atoms with Gasteiger partial charge >= 0.3 is 0 Å². The molecule has 14 aliphatic carbocycles. The molecule has 0 radical (unpaired) electrons. The number of allylic oxidation sites excluding steroid dienone is 10. The number of halogens is 2. The van der Waals surface area contributed by atoms with Crippen molar-refractivity contribution < 1.29 is 9.47 Å². The van der Waals surface area contributed by atoms with Crippen LogP contribution in [0.2, 0.25) is 10.0 Å². The van der Waals surface area contributed by atoms with Gasteiger partial charge in [0.05, 0.1) is 27.0 Å². The maximum Gasteiger partial charge on any atom is 0.288 e. The summed E-state index contributed by atoms with van der Waals surface area (Å²) in [6, 6.07) is 63.7. The lowest BCUT2D eigenvalue weighted by Crippen LogP contribution is -2.34. The standard InChI is InChI=1S/C32H22S4.C30H16S4.C16H12OS2.C15H12Cl2.C15H14S2.2C4H8O/c1-2-16-5-15(1)23-7-19-11-27-28(12-20(19)8-24(16)23)34-31(33-27)32-35-29-13-21-9-25-17-3-4-18(6-17)26(25)10-22(21)14-30(29)36-32;1-2-6-18-10-22-14-26-25(13-21(22)9-17(18)5-1)31-29(32-26)30-33-27-15-23-11-19-7-3-4-8-20(19)12-24(23)16-28(27)34-30;17-16-18-14-6-10-4-12-8-1-2-9(3-8)13(12)5-11(10)7-15(14)19-16;2*16-14-6-10-4-12-8-1-2-9(3-8)13(12)5-11(10)7-15(14)17;2*1-2-4-5-3-1/h1-4,7-18,23-24H,5-6H2;1-16H;1-2,4-9,12-13H,3H2;1-2,4-9,12-13H,3H2;1-2,4-9,12-13,16-17H,3H2;2*1-4H2. The third-order valence-electron chi connectivity index (χ3n) is 31.4. The third-order valence-corrected chi connectivity index (χ3v) is 46.3. The highest BCUT2D eigenvalue weighted by molar-refractivity contribution is 8.31. The maximum absolute atomic E-state index is 11.5. The van der Waals surface area contributed by atoms with Gasteiger partial charge in [-0.1, -0.05) is 310 Å². The van der Waals surface area contributed by atoms with Crippen molar-refractivity contribution in [1.82, 2.24) is 0 Å². The minimum absolute atomic E-state index is 0.208. The summed E-state index contributed by atoms with van der Waals surface area (Å²) in [5.41, 5.74) is 3.15. The maximum atomic E-state index is 11.5. The van der Waals surface area contributed by atoms with Crippen LogP contribution in [0.25, 0.3) is 112 Å². The van der Waals surface area contributed by atoms with E-state index < -0.39 is 0 Å². The molecule has 18 atom stereocenters. The summed E-state index contributed by atoms with van der Waals surface area (Å²) < 4.78 is 18.1. The number of hydrogen-bond donors (Lipinski definition) is 2. The predicted octanol–water partition coefficient (Wildman–Crippen LogP) is 28.0. The van der Waals surface area contributed by atoms with E-state index in [9.17, 15) is 4.79 Å². The van der Waals surface area contributed by atoms with E-state index >= 15 is 0 Å². The molecule has 133 heavy (non-hydrogen) atoms. The molecule has 4 saturated carbocycles. The first-order valence-corrected chi connectivity index (χ1v) is 57.2. The molecule has 18 unspecified atom stereocenters. The molecule has 3 nitrogen and oxygen atoms in total. The van der Waals surface area contributed by atoms with E-state index in [4.69, 9.17) is 32.7 Å². The Balaban J connectivity index is 0.0000000853. The molecule has 13 aromatic rings. The first kappa shape index (κ1) is 85.4. The van der Waals surface area contributed by atoms with Gasteiger partial charge in [-0.05, 0) is 368 Å². The van der Waals surface area contributed by atoms with Crippen molar-refractivity contribution in [3.05, 3.63) is 319 Å². The smallest absolute Gasteiger partial charge is 0.288 e. The van der Waals surface area contributed by atoms with Crippen molar-refractivity contribution in [2.24, 2.45) is 94.7 Å². The quantitative estimate of drug-likeness (QED) is 0.0866. The van der Waals surface area contributed by atoms with Crippen LogP contribution in [0.4, 0.5) is 0 Å². The summed E-state index contributed by atoms with van der Waals surface area (Å²) in [6.45, 7) is 4.00. The lowest BCUT2D eigenvalue weighted by Gasteiger charge is -2.25. The molecule has 0 amide bonds. The second kappa shape index (κ2) is 34.9. The Morgan fingerprint density at radius 1 is 0.263 bits per heavy atom. The molecule has 17 heteroatoms. The van der Waals surface area contributed by atoms with Crippen LogP contribution in [0.1, 0.15) is 80.8 Å². The molecule has 2 saturated heterocycles. The Morgan fingerprint density at radius 2 is 0.504 bits per heavy atom. The molecule has 12 aromatic carbocycles. The molecule has 660 valence electrons. The van der Waals surface area contributed by atoms with Gasteiger partial charge in [-0.2, -0.15) is 0 Å². The topological polar surface area (TPSA) is 35.5 Å². The molecule has 0 spiro atoms. The lowest BCUT2D eigenvalue weighted by atomic mass is 9.79. The highest BCUT2D eigenvalue weighted by Gasteiger charge is 2.47. The predicted molar refractivity (Wildman–Crippen MR) is 581 cm³/mol. The molecule has 0 N–H and O–H groups in total. The van der Waals surface area contributed by atoms with E-state index in [1.807, 2.05) is 106 Å². The zero-order chi connectivity index (χ0) is 88.1. The zero-order valence-electron chi connectivity index (χ0n) is 72.6. The monoisotopic (exact) mass is 1990 g/mol. The molecule has 1 aromatic heterocycles. The van der Waals surface area contributed by atoms with Crippen molar-refractivity contribution in [2.45, 2.75) is 119 Å². The van der Waals surface area contributed by atoms with Crippen LogP contribution in [-0.4, -0.2) is 26.4 Å². The molecule has 20 aliphatic rings. The zero-order valence-corrected chi connectivity index (χ0v) is 84.1. The minimum atomic E-state index is 0.208. The fraction of sp³-hybridized carbons (Fsp3) is 0.267. The Hall–Kier alpha value is -6.81. The van der Waals surface area contributed by atoms with Crippen molar-refractivity contribution >= 4 is 277 Å². The molecular formula is C116H92Cl2O3S12. The molecule has 10 bridgehead atoms. The number of ether oxygens (including phenoxy) is 2. The van der Waals surface area contributed by atoms with Gasteiger partial charge in [-0.3, -0.25) is 4.79 Å². The highest BCUT2D eigenvalue weighted by Crippen LogP contribution is 2.65. The van der Waals surface area contributed by atoms with Crippen LogP contribution in [0.15, 0.2) is 301 Å². The SMILES string of the molecule is C1=CC2CC1c1cc3cc4c(cc3cc12)SC(=C1Sc2cc3c(cc2S1)=CC1C2C=CC(C2)C1C=3)S4.C1CCOC1.C1CCOC1.Clc1cc2c(cc1Cl)=CC1C3C=CC(C3)C1C=2.O=c1sc2cc3c(cc2s1)=CC1C2C=CC(C2)C1C=3.Sc1cc2c(cc1S)=CC1C3C=CC(C3)C1C=2.c1ccc2cc3cc4c(cc3cc2c1)SC(=C1Sc2cc3cc5ccccc5cc3cc2S1)S4. The Morgan fingerprint density at radius 3 is 0.767 bits per heavy atom. The largest absolute Gasteiger partial charge is 0.381 e. The average Bonchev–Trinajstić information content (AvgIpc) is 1.58. The van der Waals surface area contributed by atoms with E-state index in [0.717, 1.165) is 117 Å². The molecule has 6 fully saturated rings. The normalized spacial score (nSPS) is 28.7. The van der Waals surface area contributed by atoms with Gasteiger partial charge in [0.1, 0.15) is 0 Å². The lowest BCUT2D eigenvalue weighted by molar-refractivity contribution is 0.198. The van der Waals surface area contributed by atoms with Crippen LogP contribution >= 0.6 is 165 Å². The van der Waals surface area contributed by atoms with Gasteiger partial charge in [0.25, 0.3) is 4.06 Å². The van der Waals surface area contributed by atoms with Gasteiger partial charge in [0.2, 0.25) is 0 Å². The second-order valence-electron chi connectivity index (χ2n) is 39.2. The number of benzene rings is 12. The Kier molecular flexibility index (Phi) is 22.4. The van der Waals surface area contributed by atoms with Crippen LogP contribution in [0, 0.1) is 94.7 Å². The number of thioether (sulfide) groups is 8. The molecular weight excluding hydrogens is 1900 g/mol. The summed E-state index contributed by atoms with van der Waals surface area (Å²) in [7, 11) is 0. The molecule has 33 rings (SSSR count). The molecule has 6 aliphatic heterocycles. The van der Waals surface area contributed by atoms with Crippen molar-refractivity contribution in [2.75, 3.05) is 26.4 Å². The van der Waals surface area contributed by atoms with E-state index in [1.54, 1.807) is 11.1 Å². The van der Waals surface area contributed by atoms with Gasteiger partial charge in [-0.15, -0.1) is 25.3 Å². The first-order chi connectivity index (χ1) is 65.2. The summed E-state index contributed by atoms with van der Waals surface area (Å²) in [5.74, 6) is 13.0. The third kappa shape index (κ3) is 15.9. The van der Waals surface area contributed by atoms with Gasteiger partial charge in [0, 0.05) is 96.6 Å². The number of thiol groups is 2. The van der Waals surface area contributed by atoms with Gasteiger partial charge in [-0.25, -0.2) is 0 Å². The molecule has 7 heterocycles. The van der Waals surface area contributed by atoms with Crippen molar-refractivity contribution in [3.63, 3.8) is 0 Å². The fourth-order valence-corrected chi connectivity index (χ4v) is 38.5. The minimum Gasteiger partial charge on any atom is -0.381 e. The number of rotatable bonds is 0. The summed E-state index contributed by atoms with van der Waals surface area (Å²) in [5, 5.41) is 25.5. The average molecular weight is 1990 g/mol. The first-order valence-electron chi connectivity index (χ1n) is 47.4. The Bertz CT molecular complexity index is 7400. The van der Waals surface area contributed by atoms with Crippen molar-refractivity contribution in [3.8, 4) is 0 Å². The number of fused-ring (bicyclic) bond motifs is 39. The summed E-state index contributed by atoms with van der Waals surface area (Å²) in [6.07, 6.45) is 55.8. The fourth-order valence-electron chi connectivity index (χ4n) is 24.9. The van der Waals surface area contributed by atoms with E-state index in [-0.39, 0.29) is 4.06 Å². The van der Waals surface area contributed by atoms with Crippen molar-refractivity contribution in [1.29, 1.82) is 0 Å².